The van der Waals surface area contributed by atoms with Crippen LogP contribution in [0.25, 0.3) is 10.8 Å². The zero-order valence-electron chi connectivity index (χ0n) is 17.2. The number of likely N-dealkylation sites (N-methyl/N-ethyl adjacent to an activating group) is 2. The molecule has 0 fully saturated rings. The second-order valence-corrected chi connectivity index (χ2v) is 6.36. The Balaban J connectivity index is 2.21. The van der Waals surface area contributed by atoms with Crippen LogP contribution >= 0.6 is 0 Å². The van der Waals surface area contributed by atoms with Gasteiger partial charge in [-0.15, -0.1) is 0 Å². The third-order valence-corrected chi connectivity index (χ3v) is 4.75. The zero-order valence-corrected chi connectivity index (χ0v) is 17.2. The first kappa shape index (κ1) is 21.5. The number of ether oxygens (including phenoxy) is 2. The Morgan fingerprint density at radius 1 is 0.714 bits per heavy atom. The van der Waals surface area contributed by atoms with Crippen molar-refractivity contribution >= 4 is 22.6 Å². The zero-order chi connectivity index (χ0) is 20.5. The second-order valence-electron chi connectivity index (χ2n) is 6.36. The largest absolute Gasteiger partial charge is 0.480 e. The Morgan fingerprint density at radius 3 is 1.39 bits per heavy atom. The van der Waals surface area contributed by atoms with Crippen LogP contribution in [0.4, 0.5) is 0 Å². The van der Waals surface area contributed by atoms with Gasteiger partial charge in [0.1, 0.15) is 0 Å². The van der Waals surface area contributed by atoms with E-state index >= 15 is 0 Å². The van der Waals surface area contributed by atoms with E-state index in [0.717, 1.165) is 10.8 Å². The van der Waals surface area contributed by atoms with Crippen molar-refractivity contribution in [2.45, 2.75) is 27.7 Å². The van der Waals surface area contributed by atoms with E-state index in [4.69, 9.17) is 9.47 Å². The molecule has 0 spiro atoms. The number of nitrogens with zero attached hydrogens (tertiary/aromatic N) is 2. The maximum Gasteiger partial charge on any atom is 0.260 e. The summed E-state index contributed by atoms with van der Waals surface area (Å²) >= 11 is 0. The highest BCUT2D eigenvalue weighted by Crippen LogP contribution is 2.32. The molecule has 2 rings (SSSR count). The molecule has 0 aromatic heterocycles. The SMILES string of the molecule is CCN(CC)C(=O)COc1cc2ccccc2cc1OCC(=O)N(CC)CC. The summed E-state index contributed by atoms with van der Waals surface area (Å²) in [6.07, 6.45) is 0. The second kappa shape index (κ2) is 10.5. The van der Waals surface area contributed by atoms with Crippen LogP contribution in [0.5, 0.6) is 11.5 Å². The molecule has 0 aliphatic rings. The highest BCUT2D eigenvalue weighted by Gasteiger charge is 2.16. The third kappa shape index (κ3) is 5.38. The van der Waals surface area contributed by atoms with Gasteiger partial charge in [-0.2, -0.15) is 0 Å². The van der Waals surface area contributed by atoms with Crippen LogP contribution < -0.4 is 9.47 Å². The molecule has 0 aliphatic heterocycles. The summed E-state index contributed by atoms with van der Waals surface area (Å²) in [7, 11) is 0. The Labute approximate surface area is 167 Å². The van der Waals surface area contributed by atoms with Crippen molar-refractivity contribution in [1.29, 1.82) is 0 Å². The molecular formula is C22H30N2O4. The average molecular weight is 386 g/mol. The van der Waals surface area contributed by atoms with Gasteiger partial charge in [-0.25, -0.2) is 0 Å². The molecule has 0 radical (unpaired) electrons. The van der Waals surface area contributed by atoms with Gasteiger partial charge in [0.05, 0.1) is 0 Å². The van der Waals surface area contributed by atoms with E-state index in [0.29, 0.717) is 37.7 Å². The average Bonchev–Trinajstić information content (AvgIpc) is 2.72. The van der Waals surface area contributed by atoms with E-state index in [1.165, 1.54) is 0 Å². The van der Waals surface area contributed by atoms with Gasteiger partial charge in [0.15, 0.2) is 24.7 Å². The molecule has 2 aromatic rings. The van der Waals surface area contributed by atoms with Crippen molar-refractivity contribution in [2.24, 2.45) is 0 Å². The standard InChI is InChI=1S/C22H30N2O4/c1-5-23(6-2)21(25)15-27-19-13-17-11-9-10-12-18(17)14-20(19)28-16-22(26)24(7-3)8-4/h9-14H,5-8,15-16H2,1-4H3. The summed E-state index contributed by atoms with van der Waals surface area (Å²) in [4.78, 5) is 28.0. The van der Waals surface area contributed by atoms with Gasteiger partial charge in [0, 0.05) is 26.2 Å². The molecule has 0 aliphatic carbocycles. The van der Waals surface area contributed by atoms with E-state index in [-0.39, 0.29) is 25.0 Å². The molecule has 0 N–H and O–H groups in total. The highest BCUT2D eigenvalue weighted by molar-refractivity contribution is 5.86. The number of benzene rings is 2. The van der Waals surface area contributed by atoms with Crippen molar-refractivity contribution in [3.63, 3.8) is 0 Å². The summed E-state index contributed by atoms with van der Waals surface area (Å²) in [6.45, 7) is 10.2. The monoisotopic (exact) mass is 386 g/mol. The van der Waals surface area contributed by atoms with Crippen molar-refractivity contribution in [1.82, 2.24) is 9.80 Å². The van der Waals surface area contributed by atoms with Gasteiger partial charge in [-0.3, -0.25) is 9.59 Å². The first-order valence-electron chi connectivity index (χ1n) is 9.87. The molecule has 0 unspecified atom stereocenters. The van der Waals surface area contributed by atoms with Crippen LogP contribution in [-0.4, -0.2) is 61.0 Å². The summed E-state index contributed by atoms with van der Waals surface area (Å²) in [5.74, 6) is 0.768. The molecule has 0 heterocycles. The summed E-state index contributed by atoms with van der Waals surface area (Å²) in [6, 6.07) is 11.5. The van der Waals surface area contributed by atoms with Crippen LogP contribution in [0.1, 0.15) is 27.7 Å². The minimum atomic E-state index is -0.0803. The van der Waals surface area contributed by atoms with Crippen LogP contribution in [0.3, 0.4) is 0 Å². The quantitative estimate of drug-likeness (QED) is 0.628. The number of amides is 2. The molecule has 28 heavy (non-hydrogen) atoms. The Kier molecular flexibility index (Phi) is 8.11. The number of hydrogen-bond donors (Lipinski definition) is 0. The van der Waals surface area contributed by atoms with E-state index in [2.05, 4.69) is 0 Å². The smallest absolute Gasteiger partial charge is 0.260 e. The molecule has 2 aromatic carbocycles. The van der Waals surface area contributed by atoms with Crippen molar-refractivity contribution in [3.8, 4) is 11.5 Å². The van der Waals surface area contributed by atoms with Gasteiger partial charge >= 0.3 is 0 Å². The molecular weight excluding hydrogens is 356 g/mol. The summed E-state index contributed by atoms with van der Waals surface area (Å²) < 4.78 is 11.6. The number of hydrogen-bond acceptors (Lipinski definition) is 4. The number of carbonyl (C=O) groups excluding carboxylic acids is 2. The van der Waals surface area contributed by atoms with Crippen LogP contribution in [-0.2, 0) is 9.59 Å². The van der Waals surface area contributed by atoms with Crippen molar-refractivity contribution in [2.75, 3.05) is 39.4 Å². The predicted molar refractivity (Wildman–Crippen MR) is 111 cm³/mol. The lowest BCUT2D eigenvalue weighted by Gasteiger charge is -2.21. The fourth-order valence-corrected chi connectivity index (χ4v) is 3.04. The van der Waals surface area contributed by atoms with E-state index in [1.54, 1.807) is 9.80 Å². The summed E-state index contributed by atoms with van der Waals surface area (Å²) in [5, 5.41) is 1.96. The Morgan fingerprint density at radius 2 is 1.07 bits per heavy atom. The number of rotatable bonds is 10. The van der Waals surface area contributed by atoms with Crippen molar-refractivity contribution in [3.05, 3.63) is 36.4 Å². The lowest BCUT2D eigenvalue weighted by molar-refractivity contribution is -0.134. The predicted octanol–water partition coefficient (Wildman–Crippen LogP) is 3.33. The van der Waals surface area contributed by atoms with Crippen LogP contribution in [0, 0.1) is 0 Å². The number of fused-ring (bicyclic) bond motifs is 1. The fourth-order valence-electron chi connectivity index (χ4n) is 3.04. The fraction of sp³-hybridized carbons (Fsp3) is 0.455. The highest BCUT2D eigenvalue weighted by atomic mass is 16.5. The molecule has 6 heteroatoms. The maximum absolute atomic E-state index is 12.3. The lowest BCUT2D eigenvalue weighted by atomic mass is 10.1. The molecule has 0 atom stereocenters. The first-order chi connectivity index (χ1) is 13.5. The molecule has 0 saturated carbocycles. The number of carbonyl (C=O) groups is 2. The third-order valence-electron chi connectivity index (χ3n) is 4.75. The summed E-state index contributed by atoms with van der Waals surface area (Å²) in [5.41, 5.74) is 0. The first-order valence-corrected chi connectivity index (χ1v) is 9.87. The maximum atomic E-state index is 12.3. The van der Waals surface area contributed by atoms with Gasteiger partial charge in [-0.05, 0) is 50.6 Å². The molecule has 2 amide bonds. The van der Waals surface area contributed by atoms with E-state index in [9.17, 15) is 9.59 Å². The van der Waals surface area contributed by atoms with Gasteiger partial charge in [0.2, 0.25) is 0 Å². The minimum absolute atomic E-state index is 0.0691. The molecule has 152 valence electrons. The lowest BCUT2D eigenvalue weighted by Crippen LogP contribution is -2.35. The Hall–Kier alpha value is -2.76. The minimum Gasteiger partial charge on any atom is -0.480 e. The van der Waals surface area contributed by atoms with E-state index in [1.807, 2.05) is 64.1 Å². The van der Waals surface area contributed by atoms with Crippen LogP contribution in [0.15, 0.2) is 36.4 Å². The molecule has 6 nitrogen and oxygen atoms in total. The van der Waals surface area contributed by atoms with E-state index < -0.39 is 0 Å². The molecule has 0 saturated heterocycles. The van der Waals surface area contributed by atoms with Gasteiger partial charge in [-0.1, -0.05) is 24.3 Å². The Bertz CT molecular complexity index is 732. The van der Waals surface area contributed by atoms with Crippen molar-refractivity contribution < 1.29 is 19.1 Å². The van der Waals surface area contributed by atoms with Crippen LogP contribution in [0.2, 0.25) is 0 Å². The topological polar surface area (TPSA) is 59.1 Å². The normalized spacial score (nSPS) is 10.6. The molecule has 0 bridgehead atoms. The van der Waals surface area contributed by atoms with Gasteiger partial charge in [0.25, 0.3) is 11.8 Å². The van der Waals surface area contributed by atoms with Gasteiger partial charge < -0.3 is 19.3 Å².